The number of fused-ring (bicyclic) bond motifs is 2. The maximum atomic E-state index is 6.19. The minimum absolute atomic E-state index is 0.633. The lowest BCUT2D eigenvalue weighted by atomic mass is 10.2. The highest BCUT2D eigenvalue weighted by Crippen LogP contribution is 2.35. The van der Waals surface area contributed by atoms with E-state index >= 15 is 0 Å². The summed E-state index contributed by atoms with van der Waals surface area (Å²) in [6, 6.07) is 19.2. The lowest BCUT2D eigenvalue weighted by Crippen LogP contribution is -1.95. The Morgan fingerprint density at radius 1 is 0.933 bits per heavy atom. The molecule has 0 aliphatic rings. The van der Waals surface area contributed by atoms with E-state index in [2.05, 4.69) is 10.2 Å². The number of nitrogens with zero attached hydrogens (tertiary/aromatic N) is 5. The number of benzene rings is 2. The third-order valence-electron chi connectivity index (χ3n) is 4.77. The Hall–Kier alpha value is -3.55. The first kappa shape index (κ1) is 17.3. The van der Waals surface area contributed by atoms with E-state index in [9.17, 15) is 0 Å². The Kier molecular flexibility index (Phi) is 3.90. The molecule has 0 saturated carbocycles. The average Bonchev–Trinajstić information content (AvgIpc) is 3.52. The van der Waals surface area contributed by atoms with Crippen LogP contribution in [0.3, 0.4) is 0 Å². The van der Waals surface area contributed by atoms with E-state index in [1.165, 1.54) is 0 Å². The van der Waals surface area contributed by atoms with Crippen molar-refractivity contribution in [2.45, 2.75) is 0 Å². The van der Waals surface area contributed by atoms with Crippen molar-refractivity contribution in [2.24, 2.45) is 0 Å². The lowest BCUT2D eigenvalue weighted by molar-refractivity contribution is 0.579. The quantitative estimate of drug-likeness (QED) is 0.344. The first-order valence-electron chi connectivity index (χ1n) is 9.18. The van der Waals surface area contributed by atoms with E-state index in [4.69, 9.17) is 26.1 Å². The molecule has 30 heavy (non-hydrogen) atoms. The fourth-order valence-corrected chi connectivity index (χ4v) is 4.52. The normalized spacial score (nSPS) is 11.5. The Bertz CT molecular complexity index is 1490. The minimum atomic E-state index is 0.633. The first-order chi connectivity index (χ1) is 14.8. The number of furan rings is 1. The van der Waals surface area contributed by atoms with Crippen molar-refractivity contribution in [2.75, 3.05) is 0 Å². The lowest BCUT2D eigenvalue weighted by Gasteiger charge is -2.00. The van der Waals surface area contributed by atoms with Gasteiger partial charge in [0.25, 0.3) is 0 Å². The Balaban J connectivity index is 1.63. The third kappa shape index (κ3) is 2.79. The maximum absolute atomic E-state index is 6.19. The zero-order valence-electron chi connectivity index (χ0n) is 15.4. The second-order valence-electron chi connectivity index (χ2n) is 6.68. The van der Waals surface area contributed by atoms with E-state index in [-0.39, 0.29) is 0 Å². The van der Waals surface area contributed by atoms with Gasteiger partial charge in [0, 0.05) is 11.2 Å². The van der Waals surface area contributed by atoms with Gasteiger partial charge < -0.3 is 4.42 Å². The number of thiazole rings is 1. The Labute approximate surface area is 179 Å². The molecule has 0 spiro atoms. The number of halogens is 1. The number of hydrogen-bond donors (Lipinski definition) is 0. The van der Waals surface area contributed by atoms with Crippen molar-refractivity contribution >= 4 is 44.1 Å². The van der Waals surface area contributed by atoms with Crippen molar-refractivity contribution in [3.63, 3.8) is 0 Å². The van der Waals surface area contributed by atoms with Gasteiger partial charge in [-0.25, -0.2) is 9.67 Å². The molecular weight excluding hydrogens is 418 g/mol. The smallest absolute Gasteiger partial charge is 0.154 e. The predicted molar refractivity (Wildman–Crippen MR) is 118 cm³/mol. The second kappa shape index (κ2) is 6.76. The molecule has 4 heterocycles. The standard InChI is InChI=1S/C22H12ClN5OS/c23-13-5-3-6-14(11-13)28-12-15-19(17-8-4-10-29-17)25-26-21(20(15)27-28)22-24-16-7-1-2-9-18(16)30-22/h1-12H. The van der Waals surface area contributed by atoms with E-state index in [1.807, 2.05) is 66.9 Å². The molecule has 6 aromatic rings. The minimum Gasteiger partial charge on any atom is -0.463 e. The molecule has 2 aromatic carbocycles. The summed E-state index contributed by atoms with van der Waals surface area (Å²) in [4.78, 5) is 4.74. The second-order valence-corrected chi connectivity index (χ2v) is 8.14. The largest absolute Gasteiger partial charge is 0.463 e. The van der Waals surface area contributed by atoms with E-state index in [0.717, 1.165) is 26.3 Å². The van der Waals surface area contributed by atoms with Gasteiger partial charge in [-0.3, -0.25) is 0 Å². The van der Waals surface area contributed by atoms with Crippen LogP contribution in [-0.4, -0.2) is 25.0 Å². The summed E-state index contributed by atoms with van der Waals surface area (Å²) < 4.78 is 8.45. The molecule has 0 radical (unpaired) electrons. The molecule has 0 saturated heterocycles. The summed E-state index contributed by atoms with van der Waals surface area (Å²) in [5, 5.41) is 16.0. The van der Waals surface area contributed by atoms with Crippen LogP contribution in [-0.2, 0) is 0 Å². The van der Waals surface area contributed by atoms with Crippen molar-refractivity contribution in [1.29, 1.82) is 0 Å². The van der Waals surface area contributed by atoms with E-state index in [1.54, 1.807) is 22.3 Å². The first-order valence-corrected chi connectivity index (χ1v) is 10.4. The monoisotopic (exact) mass is 429 g/mol. The SMILES string of the molecule is Clc1cccc(-n2cc3c(-c4ccco4)nnc(-c4nc5ccccc5s4)c3n2)c1. The van der Waals surface area contributed by atoms with Crippen molar-refractivity contribution in [3.8, 4) is 27.8 Å². The zero-order chi connectivity index (χ0) is 20.1. The number of rotatable bonds is 3. The van der Waals surface area contributed by atoms with Gasteiger partial charge in [-0.05, 0) is 42.5 Å². The third-order valence-corrected chi connectivity index (χ3v) is 6.05. The average molecular weight is 430 g/mol. The predicted octanol–water partition coefficient (Wildman–Crippen LogP) is 6.01. The van der Waals surface area contributed by atoms with Crippen LogP contribution in [0.4, 0.5) is 0 Å². The summed E-state index contributed by atoms with van der Waals surface area (Å²) in [6.07, 6.45) is 3.54. The molecule has 4 aromatic heterocycles. The summed E-state index contributed by atoms with van der Waals surface area (Å²) in [7, 11) is 0. The molecule has 0 fully saturated rings. The highest BCUT2D eigenvalue weighted by Gasteiger charge is 2.20. The molecule has 8 heteroatoms. The highest BCUT2D eigenvalue weighted by molar-refractivity contribution is 7.21. The van der Waals surface area contributed by atoms with Crippen LogP contribution in [0.25, 0.3) is 49.0 Å². The molecule has 0 N–H and O–H groups in total. The zero-order valence-corrected chi connectivity index (χ0v) is 16.9. The van der Waals surface area contributed by atoms with Gasteiger partial charge in [0.15, 0.2) is 5.76 Å². The number of para-hydroxylation sites is 1. The van der Waals surface area contributed by atoms with Gasteiger partial charge in [0.05, 0.1) is 27.6 Å². The van der Waals surface area contributed by atoms with Crippen LogP contribution in [0.15, 0.2) is 77.5 Å². The molecule has 0 amide bonds. The van der Waals surface area contributed by atoms with Gasteiger partial charge in [-0.1, -0.05) is 29.8 Å². The van der Waals surface area contributed by atoms with Gasteiger partial charge in [0.2, 0.25) is 0 Å². The van der Waals surface area contributed by atoms with Gasteiger partial charge in [0.1, 0.15) is 21.9 Å². The molecule has 0 aliphatic heterocycles. The number of aromatic nitrogens is 5. The molecule has 6 rings (SSSR count). The Morgan fingerprint density at radius 2 is 1.83 bits per heavy atom. The van der Waals surface area contributed by atoms with Crippen molar-refractivity contribution in [3.05, 3.63) is 78.1 Å². The highest BCUT2D eigenvalue weighted by atomic mass is 35.5. The van der Waals surface area contributed by atoms with Gasteiger partial charge >= 0.3 is 0 Å². The molecule has 0 atom stereocenters. The summed E-state index contributed by atoms with van der Waals surface area (Å²) in [5.74, 6) is 0.633. The molecule has 144 valence electrons. The maximum Gasteiger partial charge on any atom is 0.154 e. The number of hydrogen-bond acceptors (Lipinski definition) is 6. The topological polar surface area (TPSA) is 69.6 Å². The molecule has 0 aliphatic carbocycles. The summed E-state index contributed by atoms with van der Waals surface area (Å²) in [5.41, 5.74) is 3.75. The van der Waals surface area contributed by atoms with Gasteiger partial charge in [-0.2, -0.15) is 5.10 Å². The van der Waals surface area contributed by atoms with Crippen LogP contribution in [0, 0.1) is 0 Å². The molecule has 0 bridgehead atoms. The van der Waals surface area contributed by atoms with Crippen LogP contribution < -0.4 is 0 Å². The fourth-order valence-electron chi connectivity index (χ4n) is 3.39. The molecule has 6 nitrogen and oxygen atoms in total. The van der Waals surface area contributed by atoms with E-state index < -0.39 is 0 Å². The fraction of sp³-hybridized carbons (Fsp3) is 0. The molecule has 0 unspecified atom stereocenters. The van der Waals surface area contributed by atoms with Crippen molar-refractivity contribution < 1.29 is 4.42 Å². The molecular formula is C22H12ClN5OS. The Morgan fingerprint density at radius 3 is 2.67 bits per heavy atom. The van der Waals surface area contributed by atoms with E-state index in [0.29, 0.717) is 27.7 Å². The van der Waals surface area contributed by atoms with Crippen LogP contribution in [0.1, 0.15) is 0 Å². The summed E-state index contributed by atoms with van der Waals surface area (Å²) >= 11 is 7.76. The van der Waals surface area contributed by atoms with Crippen molar-refractivity contribution in [1.82, 2.24) is 25.0 Å². The van der Waals surface area contributed by atoms with Crippen LogP contribution in [0.2, 0.25) is 5.02 Å². The van der Waals surface area contributed by atoms with Crippen LogP contribution in [0.5, 0.6) is 0 Å². The van der Waals surface area contributed by atoms with Gasteiger partial charge in [-0.15, -0.1) is 21.5 Å². The van der Waals surface area contributed by atoms with Crippen LogP contribution >= 0.6 is 22.9 Å². The summed E-state index contributed by atoms with van der Waals surface area (Å²) in [6.45, 7) is 0.